The van der Waals surface area contributed by atoms with Crippen LogP contribution < -0.4 is 20.5 Å². The van der Waals surface area contributed by atoms with Crippen LogP contribution in [0, 0.1) is 5.92 Å². The third-order valence-electron chi connectivity index (χ3n) is 7.48. The Balaban J connectivity index is 1.76. The Morgan fingerprint density at radius 1 is 0.977 bits per heavy atom. The zero-order valence-electron chi connectivity index (χ0n) is 26.1. The maximum Gasteiger partial charge on any atom is 0.326 e. The Kier molecular flexibility index (Phi) is 10.6. The number of carbonyl (C=O) groups is 1. The van der Waals surface area contributed by atoms with Crippen LogP contribution in [0.25, 0.3) is 22.2 Å². The van der Waals surface area contributed by atoms with Crippen molar-refractivity contribution < 1.29 is 14.6 Å². The van der Waals surface area contributed by atoms with E-state index in [1.807, 2.05) is 30.3 Å². The molecule has 0 saturated carbocycles. The van der Waals surface area contributed by atoms with Crippen molar-refractivity contribution in [1.29, 1.82) is 0 Å². The zero-order valence-corrected chi connectivity index (χ0v) is 26.1. The van der Waals surface area contributed by atoms with Crippen molar-refractivity contribution in [3.63, 3.8) is 0 Å². The number of aromatic amines is 1. The number of pyridine rings is 2. The summed E-state index contributed by atoms with van der Waals surface area (Å²) in [6.45, 7) is 13.6. The molecule has 0 atom stereocenters. The van der Waals surface area contributed by atoms with Gasteiger partial charge in [-0.1, -0.05) is 53.7 Å². The summed E-state index contributed by atoms with van der Waals surface area (Å²) >= 11 is 0. The van der Waals surface area contributed by atoms with Crippen LogP contribution in [0.1, 0.15) is 77.3 Å². The molecule has 43 heavy (non-hydrogen) atoms. The van der Waals surface area contributed by atoms with Gasteiger partial charge in [0.1, 0.15) is 17.1 Å². The van der Waals surface area contributed by atoms with Gasteiger partial charge in [0.15, 0.2) is 0 Å². The van der Waals surface area contributed by atoms with Gasteiger partial charge in [0.25, 0.3) is 5.56 Å². The number of anilines is 2. The molecule has 2 heterocycles. The van der Waals surface area contributed by atoms with Crippen LogP contribution in [0.4, 0.5) is 16.2 Å². The van der Waals surface area contributed by atoms with Gasteiger partial charge in [-0.15, -0.1) is 0 Å². The molecule has 0 aliphatic heterocycles. The number of nitrogens with zero attached hydrogens (tertiary/aromatic N) is 2. The van der Waals surface area contributed by atoms with Crippen LogP contribution >= 0.6 is 0 Å². The number of ether oxygens (including phenoxy) is 1. The van der Waals surface area contributed by atoms with Crippen LogP contribution in [-0.2, 0) is 0 Å². The third kappa shape index (κ3) is 7.82. The summed E-state index contributed by atoms with van der Waals surface area (Å²) in [4.78, 5) is 36.0. The summed E-state index contributed by atoms with van der Waals surface area (Å²) in [7, 11) is 0. The SMILES string of the molecule is CC(C)CCN(C(=O)Nc1c(C(C)C)cc(-c2cccc(OCCCO)c2)cc1C(C)C)c1cc2cccnc2[nH]c1=O. The highest BCUT2D eigenvalue weighted by Gasteiger charge is 2.24. The van der Waals surface area contributed by atoms with E-state index in [4.69, 9.17) is 9.84 Å². The van der Waals surface area contributed by atoms with E-state index in [2.05, 4.69) is 75.0 Å². The van der Waals surface area contributed by atoms with Gasteiger partial charge >= 0.3 is 6.03 Å². The summed E-state index contributed by atoms with van der Waals surface area (Å²) in [5.41, 5.74) is 5.29. The standard InChI is InChI=1S/C35H44N4O4/c1-22(2)13-15-39(31-21-26-11-8-14-36-33(26)38-34(31)41)35(42)37-32-29(23(3)4)19-27(20-30(32)24(5)6)25-10-7-12-28(18-25)43-17-9-16-40/h7-8,10-12,14,18-24,40H,9,13,15-17H2,1-6H3,(H,37,42)(H,36,38,41). The minimum Gasteiger partial charge on any atom is -0.493 e. The molecular weight excluding hydrogens is 540 g/mol. The van der Waals surface area contributed by atoms with E-state index in [-0.39, 0.29) is 30.0 Å². The van der Waals surface area contributed by atoms with Crippen LogP contribution in [0.3, 0.4) is 0 Å². The number of nitrogens with one attached hydrogen (secondary N) is 2. The quantitative estimate of drug-likeness (QED) is 0.148. The van der Waals surface area contributed by atoms with E-state index < -0.39 is 0 Å². The molecule has 8 heteroatoms. The number of H-pyrrole nitrogens is 1. The fraction of sp³-hybridized carbons (Fsp3) is 0.400. The van der Waals surface area contributed by atoms with Crippen LogP contribution in [-0.4, -0.2) is 40.9 Å². The Hall–Kier alpha value is -4.17. The van der Waals surface area contributed by atoms with Crippen LogP contribution in [0.5, 0.6) is 5.75 Å². The van der Waals surface area contributed by atoms with Gasteiger partial charge in [0.05, 0.1) is 6.61 Å². The molecule has 0 aliphatic carbocycles. The van der Waals surface area contributed by atoms with Gasteiger partial charge in [-0.2, -0.15) is 0 Å². The van der Waals surface area contributed by atoms with E-state index in [0.29, 0.717) is 36.8 Å². The monoisotopic (exact) mass is 584 g/mol. The second-order valence-corrected chi connectivity index (χ2v) is 12.0. The molecule has 0 fully saturated rings. The number of urea groups is 1. The van der Waals surface area contributed by atoms with E-state index >= 15 is 0 Å². The fourth-order valence-electron chi connectivity index (χ4n) is 5.05. The number of rotatable bonds is 12. The first-order valence-corrected chi connectivity index (χ1v) is 15.2. The number of hydrogen-bond donors (Lipinski definition) is 3. The number of aromatic nitrogens is 2. The second kappa shape index (κ2) is 14.3. The first kappa shape index (κ1) is 31.8. The predicted octanol–water partition coefficient (Wildman–Crippen LogP) is 7.68. The molecule has 2 amide bonds. The Bertz CT molecular complexity index is 1580. The molecule has 0 spiro atoms. The smallest absolute Gasteiger partial charge is 0.326 e. The first-order valence-electron chi connectivity index (χ1n) is 15.2. The summed E-state index contributed by atoms with van der Waals surface area (Å²) in [6.07, 6.45) is 2.94. The minimum absolute atomic E-state index is 0.0870. The lowest BCUT2D eigenvalue weighted by Gasteiger charge is -2.27. The van der Waals surface area contributed by atoms with Gasteiger partial charge < -0.3 is 20.1 Å². The molecule has 2 aromatic heterocycles. The second-order valence-electron chi connectivity index (χ2n) is 12.0. The number of aliphatic hydroxyl groups excluding tert-OH is 1. The summed E-state index contributed by atoms with van der Waals surface area (Å²) in [6, 6.07) is 17.3. The Labute approximate surface area is 254 Å². The van der Waals surface area contributed by atoms with Gasteiger partial charge in [0.2, 0.25) is 0 Å². The zero-order chi connectivity index (χ0) is 31.1. The van der Waals surface area contributed by atoms with Gasteiger partial charge in [-0.05, 0) is 88.9 Å². The van der Waals surface area contributed by atoms with Crippen molar-refractivity contribution in [2.45, 2.75) is 66.2 Å². The highest BCUT2D eigenvalue weighted by Crippen LogP contribution is 2.38. The van der Waals surface area contributed by atoms with Crippen molar-refractivity contribution in [2.24, 2.45) is 5.92 Å². The van der Waals surface area contributed by atoms with E-state index in [1.54, 1.807) is 17.2 Å². The molecule has 8 nitrogen and oxygen atoms in total. The fourth-order valence-corrected chi connectivity index (χ4v) is 5.05. The molecule has 0 radical (unpaired) electrons. The van der Waals surface area contributed by atoms with Crippen molar-refractivity contribution in [1.82, 2.24) is 9.97 Å². The molecule has 228 valence electrons. The molecule has 3 N–H and O–H groups in total. The van der Waals surface area contributed by atoms with Crippen LogP contribution in [0.2, 0.25) is 0 Å². The molecule has 4 rings (SSSR count). The van der Waals surface area contributed by atoms with E-state index in [9.17, 15) is 9.59 Å². The van der Waals surface area contributed by atoms with E-state index in [0.717, 1.165) is 45.5 Å². The normalized spacial score (nSPS) is 11.5. The minimum atomic E-state index is -0.352. The van der Waals surface area contributed by atoms with Gasteiger partial charge in [-0.25, -0.2) is 9.78 Å². The van der Waals surface area contributed by atoms with Crippen molar-refractivity contribution in [2.75, 3.05) is 30.0 Å². The topological polar surface area (TPSA) is 108 Å². The van der Waals surface area contributed by atoms with Crippen molar-refractivity contribution in [3.8, 4) is 16.9 Å². The van der Waals surface area contributed by atoms with Crippen LogP contribution in [0.15, 0.2) is 65.6 Å². The Morgan fingerprint density at radius 2 is 1.70 bits per heavy atom. The number of amides is 2. The van der Waals surface area contributed by atoms with E-state index in [1.165, 1.54) is 0 Å². The molecule has 0 aliphatic rings. The lowest BCUT2D eigenvalue weighted by molar-refractivity contribution is 0.233. The summed E-state index contributed by atoms with van der Waals surface area (Å²) < 4.78 is 5.83. The number of benzene rings is 2. The third-order valence-corrected chi connectivity index (χ3v) is 7.48. The molecule has 0 bridgehead atoms. The number of carbonyl (C=O) groups excluding carboxylic acids is 1. The van der Waals surface area contributed by atoms with Gasteiger partial charge in [-0.3, -0.25) is 9.69 Å². The van der Waals surface area contributed by atoms with Crippen molar-refractivity contribution in [3.05, 3.63) is 82.3 Å². The highest BCUT2D eigenvalue weighted by atomic mass is 16.5. The molecule has 0 saturated heterocycles. The first-order chi connectivity index (χ1) is 20.6. The molecule has 4 aromatic rings. The molecule has 2 aromatic carbocycles. The van der Waals surface area contributed by atoms with Gasteiger partial charge in [0, 0.05) is 36.8 Å². The number of aliphatic hydroxyl groups is 1. The number of hydrogen-bond acceptors (Lipinski definition) is 5. The summed E-state index contributed by atoms with van der Waals surface area (Å²) in [5, 5.41) is 13.1. The predicted molar refractivity (Wildman–Crippen MR) is 175 cm³/mol. The van der Waals surface area contributed by atoms with Crippen molar-refractivity contribution >= 4 is 28.4 Å². The summed E-state index contributed by atoms with van der Waals surface area (Å²) in [5.74, 6) is 1.33. The number of fused-ring (bicyclic) bond motifs is 1. The maximum absolute atomic E-state index is 14.1. The lowest BCUT2D eigenvalue weighted by atomic mass is 9.88. The largest absolute Gasteiger partial charge is 0.493 e. The average Bonchev–Trinajstić information content (AvgIpc) is 2.97. The Morgan fingerprint density at radius 3 is 2.35 bits per heavy atom. The average molecular weight is 585 g/mol. The molecular formula is C35H44N4O4. The maximum atomic E-state index is 14.1. The highest BCUT2D eigenvalue weighted by molar-refractivity contribution is 6.03. The lowest BCUT2D eigenvalue weighted by Crippen LogP contribution is -2.40. The molecule has 0 unspecified atom stereocenters.